The number of carbonyl (C=O) groups is 1. The number of nitriles is 1. The van der Waals surface area contributed by atoms with Crippen molar-refractivity contribution < 1.29 is 9.53 Å². The molecule has 0 aliphatic carbocycles. The first-order valence-electron chi connectivity index (χ1n) is 13.4. The first-order valence-corrected chi connectivity index (χ1v) is 13.4. The van der Waals surface area contributed by atoms with Gasteiger partial charge in [-0.25, -0.2) is 9.67 Å². The largest absolute Gasteiger partial charge is 0.489 e. The van der Waals surface area contributed by atoms with E-state index in [9.17, 15) is 10.1 Å². The summed E-state index contributed by atoms with van der Waals surface area (Å²) in [7, 11) is 0. The van der Waals surface area contributed by atoms with E-state index in [0.717, 1.165) is 35.5 Å². The van der Waals surface area contributed by atoms with Crippen LogP contribution >= 0.6 is 0 Å². The fourth-order valence-corrected chi connectivity index (χ4v) is 4.27. The van der Waals surface area contributed by atoms with E-state index in [0.29, 0.717) is 24.4 Å². The van der Waals surface area contributed by atoms with Gasteiger partial charge in [0.1, 0.15) is 24.0 Å². The van der Waals surface area contributed by atoms with E-state index in [2.05, 4.69) is 47.6 Å². The molecule has 5 rings (SSSR count). The molecule has 8 nitrogen and oxygen atoms in total. The Labute approximate surface area is 239 Å². The lowest BCUT2D eigenvalue weighted by molar-refractivity contribution is -0.117. The predicted molar refractivity (Wildman–Crippen MR) is 158 cm³/mol. The molecule has 0 bridgehead atoms. The monoisotopic (exact) mass is 542 g/mol. The van der Waals surface area contributed by atoms with E-state index in [1.54, 1.807) is 23.3 Å². The van der Waals surface area contributed by atoms with Crippen LogP contribution in [-0.4, -0.2) is 31.8 Å². The first-order chi connectivity index (χ1) is 20.1. The maximum atomic E-state index is 12.9. The predicted octanol–water partition coefficient (Wildman–Crippen LogP) is 5.74. The van der Waals surface area contributed by atoms with Crippen LogP contribution in [0.2, 0.25) is 0 Å². The van der Waals surface area contributed by atoms with Crippen molar-refractivity contribution >= 4 is 12.0 Å². The fourth-order valence-electron chi connectivity index (χ4n) is 4.27. The molecule has 0 aliphatic rings. The highest BCUT2D eigenvalue weighted by atomic mass is 16.5. The number of para-hydroxylation sites is 1. The van der Waals surface area contributed by atoms with E-state index < -0.39 is 5.91 Å². The number of carbonyl (C=O) groups excluding carboxylic acids is 1. The molecule has 1 N–H and O–H groups in total. The van der Waals surface area contributed by atoms with Gasteiger partial charge in [-0.3, -0.25) is 4.79 Å². The molecule has 0 fully saturated rings. The number of amides is 1. The van der Waals surface area contributed by atoms with E-state index in [-0.39, 0.29) is 5.57 Å². The smallest absolute Gasteiger partial charge is 0.261 e. The summed E-state index contributed by atoms with van der Waals surface area (Å²) < 4.78 is 9.66. The summed E-state index contributed by atoms with van der Waals surface area (Å²) >= 11 is 0. The Morgan fingerprint density at radius 1 is 1.05 bits per heavy atom. The highest BCUT2D eigenvalue weighted by Gasteiger charge is 2.15. The zero-order chi connectivity index (χ0) is 28.4. The van der Waals surface area contributed by atoms with Crippen molar-refractivity contribution in [2.45, 2.75) is 26.5 Å². The zero-order valence-corrected chi connectivity index (χ0v) is 22.8. The van der Waals surface area contributed by atoms with Crippen molar-refractivity contribution in [2.24, 2.45) is 0 Å². The van der Waals surface area contributed by atoms with E-state index >= 15 is 0 Å². The maximum absolute atomic E-state index is 12.9. The van der Waals surface area contributed by atoms with Crippen LogP contribution in [0.1, 0.15) is 23.1 Å². The van der Waals surface area contributed by atoms with Crippen LogP contribution in [0.5, 0.6) is 5.75 Å². The highest BCUT2D eigenvalue weighted by molar-refractivity contribution is 6.02. The number of aryl methyl sites for hydroxylation is 2. The lowest BCUT2D eigenvalue weighted by Gasteiger charge is -2.08. The minimum atomic E-state index is -0.420. The van der Waals surface area contributed by atoms with Crippen LogP contribution in [0.3, 0.4) is 0 Å². The van der Waals surface area contributed by atoms with Crippen LogP contribution in [0.25, 0.3) is 23.0 Å². The number of hydrogen-bond donors (Lipinski definition) is 1. The average molecular weight is 543 g/mol. The normalized spacial score (nSPS) is 11.2. The lowest BCUT2D eigenvalue weighted by Crippen LogP contribution is -2.26. The number of benzene rings is 3. The second-order valence-electron chi connectivity index (χ2n) is 9.59. The number of nitrogens with zero attached hydrogens (tertiary/aromatic N) is 5. The fraction of sp³-hybridized carbons (Fsp3) is 0.152. The van der Waals surface area contributed by atoms with Crippen molar-refractivity contribution in [1.29, 1.82) is 5.26 Å². The topological polar surface area (TPSA) is 97.8 Å². The van der Waals surface area contributed by atoms with Crippen LogP contribution in [-0.2, 0) is 17.9 Å². The Hall–Kier alpha value is -5.42. The molecular formula is C33H30N6O2. The molecule has 8 heteroatoms. The summed E-state index contributed by atoms with van der Waals surface area (Å²) in [6.07, 6.45) is 9.46. The van der Waals surface area contributed by atoms with E-state index in [4.69, 9.17) is 9.84 Å². The Bertz CT molecular complexity index is 1650. The Morgan fingerprint density at radius 3 is 2.54 bits per heavy atom. The SMILES string of the molecule is Cc1ccc(COc2ccc(-c3nn(-c4ccccc4)cc3/C=C(\C#N)C(=O)NCCCn3ccnc3)cc2)cc1. The zero-order valence-electron chi connectivity index (χ0n) is 22.8. The standard InChI is InChI=1S/C33H30N6O2/c1-25-8-10-26(11-9-25)23-41-31-14-12-27(13-15-31)32-29(22-39(37-32)30-6-3-2-4-7-30)20-28(21-34)33(40)36-16-5-18-38-19-17-35-24-38/h2-4,6-15,17,19-20,22,24H,5,16,18,23H2,1H3,(H,36,40)/b28-20+. The van der Waals surface area contributed by atoms with Gasteiger partial charge in [-0.2, -0.15) is 10.4 Å². The van der Waals surface area contributed by atoms with E-state index in [1.165, 1.54) is 5.56 Å². The Kier molecular flexibility index (Phi) is 8.67. The van der Waals surface area contributed by atoms with Gasteiger partial charge in [0.05, 0.1) is 17.7 Å². The van der Waals surface area contributed by atoms with E-state index in [1.807, 2.05) is 71.6 Å². The maximum Gasteiger partial charge on any atom is 0.261 e. The molecule has 5 aromatic rings. The third-order valence-corrected chi connectivity index (χ3v) is 6.52. The van der Waals surface area contributed by atoms with Gasteiger partial charge in [-0.05, 0) is 61.4 Å². The second-order valence-corrected chi connectivity index (χ2v) is 9.59. The van der Waals surface area contributed by atoms with Crippen LogP contribution in [0.15, 0.2) is 109 Å². The summed E-state index contributed by atoms with van der Waals surface area (Å²) in [5.41, 5.74) is 5.34. The van der Waals surface area contributed by atoms with Crippen molar-refractivity contribution in [1.82, 2.24) is 24.6 Å². The quantitative estimate of drug-likeness (QED) is 0.130. The molecule has 0 spiro atoms. The number of nitrogens with one attached hydrogen (secondary N) is 1. The molecule has 0 atom stereocenters. The number of hydrogen-bond acceptors (Lipinski definition) is 5. The molecule has 0 saturated carbocycles. The third-order valence-electron chi connectivity index (χ3n) is 6.52. The molecule has 41 heavy (non-hydrogen) atoms. The van der Waals surface area contributed by atoms with Gasteiger partial charge in [0.25, 0.3) is 5.91 Å². The molecular weight excluding hydrogens is 512 g/mol. The highest BCUT2D eigenvalue weighted by Crippen LogP contribution is 2.28. The molecule has 0 unspecified atom stereocenters. The van der Waals surface area contributed by atoms with Crippen molar-refractivity contribution in [3.05, 3.63) is 126 Å². The van der Waals surface area contributed by atoms with Crippen LogP contribution in [0.4, 0.5) is 0 Å². The minimum absolute atomic E-state index is 0.0135. The summed E-state index contributed by atoms with van der Waals surface area (Å²) in [6.45, 7) is 3.70. The number of ether oxygens (including phenoxy) is 1. The van der Waals surface area contributed by atoms with Gasteiger partial charge in [0, 0.05) is 42.8 Å². The number of aromatic nitrogens is 4. The van der Waals surface area contributed by atoms with Crippen molar-refractivity contribution in [3.8, 4) is 28.8 Å². The van der Waals surface area contributed by atoms with Crippen molar-refractivity contribution in [2.75, 3.05) is 6.54 Å². The first kappa shape index (κ1) is 27.2. The molecule has 2 aromatic heterocycles. The summed E-state index contributed by atoms with van der Waals surface area (Å²) in [5.74, 6) is 0.318. The summed E-state index contributed by atoms with van der Waals surface area (Å²) in [6, 6.07) is 27.7. The molecule has 204 valence electrons. The summed E-state index contributed by atoms with van der Waals surface area (Å²) in [4.78, 5) is 16.9. The second kappa shape index (κ2) is 13.1. The Morgan fingerprint density at radius 2 is 1.83 bits per heavy atom. The van der Waals surface area contributed by atoms with Gasteiger partial charge < -0.3 is 14.6 Å². The molecule has 0 saturated heterocycles. The summed E-state index contributed by atoms with van der Waals surface area (Å²) in [5, 5.41) is 17.5. The van der Waals surface area contributed by atoms with Gasteiger partial charge in [0.2, 0.25) is 0 Å². The minimum Gasteiger partial charge on any atom is -0.489 e. The molecule has 3 aromatic carbocycles. The molecule has 2 heterocycles. The average Bonchev–Trinajstić information content (AvgIpc) is 3.69. The lowest BCUT2D eigenvalue weighted by atomic mass is 10.1. The number of imidazole rings is 1. The van der Waals surface area contributed by atoms with Crippen molar-refractivity contribution in [3.63, 3.8) is 0 Å². The van der Waals surface area contributed by atoms with Crippen LogP contribution in [0, 0.1) is 18.3 Å². The Balaban J connectivity index is 1.35. The molecule has 1 amide bonds. The third kappa shape index (κ3) is 7.16. The van der Waals surface area contributed by atoms with Gasteiger partial charge in [-0.1, -0.05) is 48.0 Å². The van der Waals surface area contributed by atoms with Gasteiger partial charge in [0.15, 0.2) is 0 Å². The number of rotatable bonds is 11. The molecule has 0 aliphatic heterocycles. The molecule has 0 radical (unpaired) electrons. The van der Waals surface area contributed by atoms with Crippen LogP contribution < -0.4 is 10.1 Å². The van der Waals surface area contributed by atoms with Gasteiger partial charge in [-0.15, -0.1) is 0 Å². The van der Waals surface area contributed by atoms with Gasteiger partial charge >= 0.3 is 0 Å².